The highest BCUT2D eigenvalue weighted by atomic mass is 16.1. The van der Waals surface area contributed by atoms with Gasteiger partial charge < -0.3 is 9.72 Å². The van der Waals surface area contributed by atoms with Crippen LogP contribution in [0.1, 0.15) is 23.7 Å². The predicted molar refractivity (Wildman–Crippen MR) is 60.0 cm³/mol. The van der Waals surface area contributed by atoms with Crippen molar-refractivity contribution in [2.45, 2.75) is 13.3 Å². The van der Waals surface area contributed by atoms with Gasteiger partial charge in [-0.15, -0.1) is 0 Å². The summed E-state index contributed by atoms with van der Waals surface area (Å²) >= 11 is 0. The van der Waals surface area contributed by atoms with E-state index in [1.54, 1.807) is 0 Å². The minimum atomic E-state index is 0.000509. The molecule has 3 nitrogen and oxygen atoms in total. The molecule has 0 bridgehead atoms. The highest BCUT2D eigenvalue weighted by molar-refractivity contribution is 5.95. The fourth-order valence-electron chi connectivity index (χ4n) is 1.52. The maximum absolute atomic E-state index is 11.6. The van der Waals surface area contributed by atoms with E-state index in [0.29, 0.717) is 0 Å². The maximum Gasteiger partial charge on any atom is 0.252 e. The number of carbonyl (C=O) groups is 1. The van der Waals surface area contributed by atoms with E-state index in [2.05, 4.69) is 5.32 Å². The van der Waals surface area contributed by atoms with Gasteiger partial charge in [-0.05, 0) is 24.6 Å². The first-order valence-electron chi connectivity index (χ1n) is 5.16. The molecule has 2 aromatic rings. The summed E-state index contributed by atoms with van der Waals surface area (Å²) in [6.45, 7) is 2.77. The molecular weight excluding hydrogens is 188 g/mol. The van der Waals surface area contributed by atoms with Crippen molar-refractivity contribution in [1.29, 1.82) is 0 Å². The Morgan fingerprint density at radius 1 is 1.47 bits per heavy atom. The van der Waals surface area contributed by atoms with Crippen molar-refractivity contribution in [2.24, 2.45) is 0 Å². The Labute approximate surface area is 88.7 Å². The zero-order valence-corrected chi connectivity index (χ0v) is 8.73. The maximum atomic E-state index is 11.6. The van der Waals surface area contributed by atoms with Gasteiger partial charge in [0.2, 0.25) is 0 Å². The molecule has 0 aliphatic heterocycles. The third kappa shape index (κ3) is 2.01. The van der Waals surface area contributed by atoms with Gasteiger partial charge in [0.1, 0.15) is 0 Å². The summed E-state index contributed by atoms with van der Waals surface area (Å²) in [6.07, 6.45) is 4.74. The van der Waals surface area contributed by atoms with Crippen molar-refractivity contribution in [1.82, 2.24) is 9.72 Å². The van der Waals surface area contributed by atoms with E-state index in [4.69, 9.17) is 0 Å². The van der Waals surface area contributed by atoms with Gasteiger partial charge >= 0.3 is 0 Å². The van der Waals surface area contributed by atoms with Crippen molar-refractivity contribution in [2.75, 3.05) is 6.54 Å². The van der Waals surface area contributed by atoms with E-state index in [0.717, 1.165) is 24.0 Å². The van der Waals surface area contributed by atoms with Crippen molar-refractivity contribution < 1.29 is 4.79 Å². The number of hydrogen-bond donors (Lipinski definition) is 1. The second-order valence-corrected chi connectivity index (χ2v) is 3.52. The van der Waals surface area contributed by atoms with Crippen molar-refractivity contribution in [3.8, 4) is 0 Å². The molecule has 0 saturated carbocycles. The Morgan fingerprint density at radius 3 is 3.07 bits per heavy atom. The van der Waals surface area contributed by atoms with Crippen LogP contribution in [0.4, 0.5) is 0 Å². The number of aromatic nitrogens is 1. The minimum absolute atomic E-state index is 0.000509. The number of carbonyl (C=O) groups excluding carboxylic acids is 1. The first-order chi connectivity index (χ1) is 7.31. The molecule has 2 rings (SSSR count). The molecule has 1 amide bonds. The second kappa shape index (κ2) is 4.17. The molecule has 0 radical (unpaired) electrons. The summed E-state index contributed by atoms with van der Waals surface area (Å²) < 4.78 is 1.95. The molecule has 0 aliphatic carbocycles. The molecule has 0 atom stereocenters. The third-order valence-corrected chi connectivity index (χ3v) is 2.30. The standard InChI is InChI=1S/C12H14N2O/c1-2-6-13-12(15)10-8-11-5-3-4-7-14(11)9-10/h3-5,7-9H,2,6H2,1H3,(H,13,15). The summed E-state index contributed by atoms with van der Waals surface area (Å²) in [6, 6.07) is 7.78. The van der Waals surface area contributed by atoms with Gasteiger partial charge in [-0.25, -0.2) is 0 Å². The lowest BCUT2D eigenvalue weighted by Gasteiger charge is -1.99. The van der Waals surface area contributed by atoms with Crippen LogP contribution in [0.2, 0.25) is 0 Å². The number of hydrogen-bond acceptors (Lipinski definition) is 1. The molecule has 2 heterocycles. The molecule has 0 aliphatic rings. The predicted octanol–water partition coefficient (Wildman–Crippen LogP) is 2.08. The van der Waals surface area contributed by atoms with E-state index in [1.807, 2.05) is 48.0 Å². The van der Waals surface area contributed by atoms with Crippen LogP contribution in [-0.2, 0) is 0 Å². The Hall–Kier alpha value is -1.77. The second-order valence-electron chi connectivity index (χ2n) is 3.52. The van der Waals surface area contributed by atoms with Gasteiger partial charge in [0, 0.05) is 24.5 Å². The van der Waals surface area contributed by atoms with Gasteiger partial charge in [-0.3, -0.25) is 4.79 Å². The number of rotatable bonds is 3. The highest BCUT2D eigenvalue weighted by Crippen LogP contribution is 2.09. The Bertz CT molecular complexity index is 440. The molecule has 0 spiro atoms. The summed E-state index contributed by atoms with van der Waals surface area (Å²) in [5.41, 5.74) is 1.76. The molecule has 1 N–H and O–H groups in total. The van der Waals surface area contributed by atoms with Gasteiger partial charge in [-0.1, -0.05) is 13.0 Å². The summed E-state index contributed by atoms with van der Waals surface area (Å²) in [5, 5.41) is 2.86. The number of pyridine rings is 1. The lowest BCUT2D eigenvalue weighted by atomic mass is 10.3. The fourth-order valence-corrected chi connectivity index (χ4v) is 1.52. The fraction of sp³-hybridized carbons (Fsp3) is 0.250. The quantitative estimate of drug-likeness (QED) is 0.812. The smallest absolute Gasteiger partial charge is 0.252 e. The third-order valence-electron chi connectivity index (χ3n) is 2.30. The van der Waals surface area contributed by atoms with Gasteiger partial charge in [0.25, 0.3) is 5.91 Å². The molecular formula is C12H14N2O. The lowest BCUT2D eigenvalue weighted by Crippen LogP contribution is -2.23. The first kappa shape index (κ1) is 9.77. The summed E-state index contributed by atoms with van der Waals surface area (Å²) in [4.78, 5) is 11.6. The summed E-state index contributed by atoms with van der Waals surface area (Å²) in [7, 11) is 0. The highest BCUT2D eigenvalue weighted by Gasteiger charge is 2.06. The average molecular weight is 202 g/mol. The van der Waals surface area contributed by atoms with E-state index in [9.17, 15) is 4.79 Å². The molecule has 0 saturated heterocycles. The molecule has 15 heavy (non-hydrogen) atoms. The van der Waals surface area contributed by atoms with Gasteiger partial charge in [0.05, 0.1) is 5.56 Å². The number of fused-ring (bicyclic) bond motifs is 1. The number of amides is 1. The topological polar surface area (TPSA) is 33.5 Å². The number of nitrogens with zero attached hydrogens (tertiary/aromatic N) is 1. The molecule has 0 unspecified atom stereocenters. The normalized spacial score (nSPS) is 10.5. The molecule has 78 valence electrons. The molecule has 2 aromatic heterocycles. The SMILES string of the molecule is CCCNC(=O)c1cc2ccccn2c1. The van der Waals surface area contributed by atoms with E-state index in [-0.39, 0.29) is 5.91 Å². The van der Waals surface area contributed by atoms with Crippen LogP contribution in [0.5, 0.6) is 0 Å². The summed E-state index contributed by atoms with van der Waals surface area (Å²) in [5.74, 6) is 0.000509. The van der Waals surface area contributed by atoms with Crippen molar-refractivity contribution >= 4 is 11.4 Å². The van der Waals surface area contributed by atoms with Crippen LogP contribution >= 0.6 is 0 Å². The van der Waals surface area contributed by atoms with Crippen LogP contribution in [0.25, 0.3) is 5.52 Å². The van der Waals surface area contributed by atoms with Crippen LogP contribution in [0.15, 0.2) is 36.7 Å². The van der Waals surface area contributed by atoms with E-state index < -0.39 is 0 Å². The minimum Gasteiger partial charge on any atom is -0.352 e. The van der Waals surface area contributed by atoms with Crippen LogP contribution in [0.3, 0.4) is 0 Å². The van der Waals surface area contributed by atoms with Crippen LogP contribution in [-0.4, -0.2) is 16.9 Å². The van der Waals surface area contributed by atoms with E-state index >= 15 is 0 Å². The Kier molecular flexibility index (Phi) is 2.72. The first-order valence-corrected chi connectivity index (χ1v) is 5.16. The van der Waals surface area contributed by atoms with E-state index in [1.165, 1.54) is 0 Å². The zero-order valence-electron chi connectivity index (χ0n) is 8.73. The largest absolute Gasteiger partial charge is 0.352 e. The van der Waals surface area contributed by atoms with Crippen LogP contribution < -0.4 is 5.32 Å². The molecule has 3 heteroatoms. The van der Waals surface area contributed by atoms with Crippen molar-refractivity contribution in [3.63, 3.8) is 0 Å². The molecule has 0 fully saturated rings. The van der Waals surface area contributed by atoms with Crippen molar-refractivity contribution in [3.05, 3.63) is 42.2 Å². The lowest BCUT2D eigenvalue weighted by molar-refractivity contribution is 0.0954. The monoisotopic (exact) mass is 202 g/mol. The van der Waals surface area contributed by atoms with Gasteiger partial charge in [-0.2, -0.15) is 0 Å². The average Bonchev–Trinajstić information content (AvgIpc) is 2.69. The zero-order chi connectivity index (χ0) is 10.7. The Morgan fingerprint density at radius 2 is 2.33 bits per heavy atom. The molecule has 0 aromatic carbocycles. The number of nitrogens with one attached hydrogen (secondary N) is 1. The Balaban J connectivity index is 2.25. The van der Waals surface area contributed by atoms with Crippen LogP contribution in [0, 0.1) is 0 Å². The van der Waals surface area contributed by atoms with Gasteiger partial charge in [0.15, 0.2) is 0 Å².